The highest BCUT2D eigenvalue weighted by atomic mass is 35.5. The molecule has 0 radical (unpaired) electrons. The van der Waals surface area contributed by atoms with E-state index in [-0.39, 0.29) is 5.41 Å². The summed E-state index contributed by atoms with van der Waals surface area (Å²) in [5.74, 6) is 0. The lowest BCUT2D eigenvalue weighted by Crippen LogP contribution is -2.41. The highest BCUT2D eigenvalue weighted by Gasteiger charge is 2.23. The van der Waals surface area contributed by atoms with Crippen molar-refractivity contribution < 1.29 is 0 Å². The zero-order valence-electron chi connectivity index (χ0n) is 13.7. The predicted molar refractivity (Wildman–Crippen MR) is 89.4 cm³/mol. The summed E-state index contributed by atoms with van der Waals surface area (Å²) in [6.45, 7) is 13.3. The van der Waals surface area contributed by atoms with E-state index in [0.717, 1.165) is 18.1 Å². The van der Waals surface area contributed by atoms with E-state index < -0.39 is 0 Å². The van der Waals surface area contributed by atoms with Crippen molar-refractivity contribution in [1.29, 1.82) is 0 Å². The molecule has 0 spiro atoms. The van der Waals surface area contributed by atoms with Gasteiger partial charge in [0.25, 0.3) is 0 Å². The van der Waals surface area contributed by atoms with E-state index in [4.69, 9.17) is 11.6 Å². The van der Waals surface area contributed by atoms with Crippen molar-refractivity contribution in [2.45, 2.75) is 46.7 Å². The van der Waals surface area contributed by atoms with Crippen LogP contribution >= 0.6 is 11.6 Å². The van der Waals surface area contributed by atoms with E-state index in [1.807, 2.05) is 12.1 Å². The van der Waals surface area contributed by atoms with E-state index in [9.17, 15) is 0 Å². The third-order valence-corrected chi connectivity index (χ3v) is 3.93. The molecule has 0 saturated carbocycles. The SMILES string of the molecule is CC(C)NCC(C)(C)CN(C)C(C)c1ccc(Cl)cc1. The largest absolute Gasteiger partial charge is 0.314 e. The molecule has 1 aromatic rings. The number of hydrogen-bond acceptors (Lipinski definition) is 2. The molecule has 20 heavy (non-hydrogen) atoms. The molecule has 1 N–H and O–H groups in total. The molecule has 0 bridgehead atoms. The van der Waals surface area contributed by atoms with Crippen LogP contribution in [-0.2, 0) is 0 Å². The first kappa shape index (κ1) is 17.5. The minimum atomic E-state index is 0.250. The van der Waals surface area contributed by atoms with Crippen molar-refractivity contribution in [2.24, 2.45) is 5.41 Å². The lowest BCUT2D eigenvalue weighted by Gasteiger charge is -2.34. The fraction of sp³-hybridized carbons (Fsp3) is 0.647. The summed E-state index contributed by atoms with van der Waals surface area (Å²) < 4.78 is 0. The van der Waals surface area contributed by atoms with Gasteiger partial charge in [-0.15, -0.1) is 0 Å². The standard InChI is InChI=1S/C17H29ClN2/c1-13(2)19-11-17(4,5)12-20(6)14(3)15-7-9-16(18)10-8-15/h7-10,13-14,19H,11-12H2,1-6H3. The third-order valence-electron chi connectivity index (χ3n) is 3.68. The number of benzene rings is 1. The second kappa shape index (κ2) is 7.44. The van der Waals surface area contributed by atoms with Crippen molar-refractivity contribution in [3.63, 3.8) is 0 Å². The maximum absolute atomic E-state index is 5.95. The maximum Gasteiger partial charge on any atom is 0.0406 e. The molecule has 0 fully saturated rings. The average Bonchev–Trinajstić information content (AvgIpc) is 2.36. The molecular weight excluding hydrogens is 268 g/mol. The summed E-state index contributed by atoms with van der Waals surface area (Å²) in [4.78, 5) is 2.41. The van der Waals surface area contributed by atoms with E-state index in [2.05, 4.69) is 64.0 Å². The van der Waals surface area contributed by atoms with Gasteiger partial charge in [-0.05, 0) is 37.1 Å². The summed E-state index contributed by atoms with van der Waals surface area (Å²) in [5.41, 5.74) is 1.56. The molecule has 1 rings (SSSR count). The number of hydrogen-bond donors (Lipinski definition) is 1. The Kier molecular flexibility index (Phi) is 6.50. The summed E-state index contributed by atoms with van der Waals surface area (Å²) in [5, 5.41) is 4.33. The molecule has 1 aromatic carbocycles. The number of halogens is 1. The molecule has 0 aliphatic rings. The quantitative estimate of drug-likeness (QED) is 0.804. The third kappa shape index (κ3) is 5.82. The molecule has 0 heterocycles. The lowest BCUT2D eigenvalue weighted by atomic mass is 9.91. The van der Waals surface area contributed by atoms with Crippen LogP contribution in [-0.4, -0.2) is 31.1 Å². The van der Waals surface area contributed by atoms with E-state index in [1.165, 1.54) is 5.56 Å². The Balaban J connectivity index is 2.60. The molecular formula is C17H29ClN2. The molecule has 1 unspecified atom stereocenters. The van der Waals surface area contributed by atoms with Crippen LogP contribution in [0.2, 0.25) is 5.02 Å². The molecule has 0 aromatic heterocycles. The minimum absolute atomic E-state index is 0.250. The monoisotopic (exact) mass is 296 g/mol. The van der Waals surface area contributed by atoms with Crippen LogP contribution in [0.25, 0.3) is 0 Å². The van der Waals surface area contributed by atoms with Crippen LogP contribution in [0, 0.1) is 5.41 Å². The maximum atomic E-state index is 5.95. The van der Waals surface area contributed by atoms with Crippen LogP contribution in [0.3, 0.4) is 0 Å². The van der Waals surface area contributed by atoms with Crippen LogP contribution in [0.4, 0.5) is 0 Å². The van der Waals surface area contributed by atoms with Crippen molar-refractivity contribution in [1.82, 2.24) is 10.2 Å². The average molecular weight is 297 g/mol. The number of nitrogens with zero attached hydrogens (tertiary/aromatic N) is 1. The van der Waals surface area contributed by atoms with Gasteiger partial charge >= 0.3 is 0 Å². The van der Waals surface area contributed by atoms with E-state index >= 15 is 0 Å². The lowest BCUT2D eigenvalue weighted by molar-refractivity contribution is 0.164. The van der Waals surface area contributed by atoms with Crippen LogP contribution in [0.5, 0.6) is 0 Å². The van der Waals surface area contributed by atoms with Crippen LogP contribution in [0.1, 0.15) is 46.2 Å². The normalized spacial score (nSPS) is 14.1. The molecule has 2 nitrogen and oxygen atoms in total. The van der Waals surface area contributed by atoms with Gasteiger partial charge < -0.3 is 5.32 Å². The second-order valence-electron chi connectivity index (χ2n) is 6.84. The fourth-order valence-corrected chi connectivity index (χ4v) is 2.47. The van der Waals surface area contributed by atoms with Crippen molar-refractivity contribution in [2.75, 3.05) is 20.1 Å². The van der Waals surface area contributed by atoms with Gasteiger partial charge in [-0.25, -0.2) is 0 Å². The second-order valence-corrected chi connectivity index (χ2v) is 7.28. The first-order valence-corrected chi connectivity index (χ1v) is 7.78. The molecule has 0 aliphatic carbocycles. The molecule has 0 saturated heterocycles. The van der Waals surface area contributed by atoms with Crippen molar-refractivity contribution in [3.05, 3.63) is 34.9 Å². The Morgan fingerprint density at radius 2 is 1.70 bits per heavy atom. The highest BCUT2D eigenvalue weighted by molar-refractivity contribution is 6.30. The van der Waals surface area contributed by atoms with Crippen LogP contribution in [0.15, 0.2) is 24.3 Å². The van der Waals surface area contributed by atoms with Gasteiger partial charge in [0.2, 0.25) is 0 Å². The molecule has 1 atom stereocenters. The van der Waals surface area contributed by atoms with Gasteiger partial charge in [0, 0.05) is 30.2 Å². The zero-order valence-corrected chi connectivity index (χ0v) is 14.5. The Hall–Kier alpha value is -0.570. The smallest absolute Gasteiger partial charge is 0.0406 e. The Bertz CT molecular complexity index is 398. The Morgan fingerprint density at radius 1 is 1.15 bits per heavy atom. The van der Waals surface area contributed by atoms with Gasteiger partial charge in [-0.2, -0.15) is 0 Å². The summed E-state index contributed by atoms with van der Waals surface area (Å²) >= 11 is 5.95. The summed E-state index contributed by atoms with van der Waals surface area (Å²) in [6, 6.07) is 9.09. The Morgan fingerprint density at radius 3 is 2.20 bits per heavy atom. The highest BCUT2D eigenvalue weighted by Crippen LogP contribution is 2.24. The predicted octanol–water partition coefficient (Wildman–Crippen LogP) is 4.36. The minimum Gasteiger partial charge on any atom is -0.314 e. The van der Waals surface area contributed by atoms with E-state index in [0.29, 0.717) is 12.1 Å². The number of rotatable bonds is 7. The number of nitrogens with one attached hydrogen (secondary N) is 1. The fourth-order valence-electron chi connectivity index (χ4n) is 2.34. The molecule has 0 amide bonds. The first-order chi connectivity index (χ1) is 9.21. The van der Waals surface area contributed by atoms with Gasteiger partial charge in [0.1, 0.15) is 0 Å². The van der Waals surface area contributed by atoms with Gasteiger partial charge in [0.05, 0.1) is 0 Å². The molecule has 0 aliphatic heterocycles. The van der Waals surface area contributed by atoms with Gasteiger partial charge in [-0.3, -0.25) is 4.90 Å². The summed E-state index contributed by atoms with van der Waals surface area (Å²) in [7, 11) is 2.19. The zero-order chi connectivity index (χ0) is 15.3. The topological polar surface area (TPSA) is 15.3 Å². The van der Waals surface area contributed by atoms with E-state index in [1.54, 1.807) is 0 Å². The van der Waals surface area contributed by atoms with Crippen LogP contribution < -0.4 is 5.32 Å². The molecule has 3 heteroatoms. The summed E-state index contributed by atoms with van der Waals surface area (Å²) in [6.07, 6.45) is 0. The Labute approximate surface area is 129 Å². The first-order valence-electron chi connectivity index (χ1n) is 7.40. The van der Waals surface area contributed by atoms with Crippen molar-refractivity contribution in [3.8, 4) is 0 Å². The molecule has 114 valence electrons. The van der Waals surface area contributed by atoms with Crippen molar-refractivity contribution >= 4 is 11.6 Å². The van der Waals surface area contributed by atoms with Gasteiger partial charge in [0.15, 0.2) is 0 Å². The van der Waals surface area contributed by atoms with Gasteiger partial charge in [-0.1, -0.05) is 51.4 Å².